The molecule has 0 atom stereocenters. The average molecular weight is 380 g/mol. The lowest BCUT2D eigenvalue weighted by Gasteiger charge is -2.18. The average Bonchev–Trinajstić information content (AvgIpc) is 2.72. The minimum absolute atomic E-state index is 0.374. The van der Waals surface area contributed by atoms with E-state index in [2.05, 4.69) is 100 Å². The van der Waals surface area contributed by atoms with Gasteiger partial charge in [-0.15, -0.1) is 0 Å². The standard InChI is InChI=1S/C18H15P.C5H10O3/c1-4-10-16(11-5-1)19(17-12-6-2-7-13-17)18-14-8-3-9-15-18;1-3-7-5(6)8-4-2/h1-15H;3-4H2,1-2H3. The monoisotopic (exact) mass is 380 g/mol. The molecule has 0 aliphatic rings. The highest BCUT2D eigenvalue weighted by molar-refractivity contribution is 7.79. The van der Waals surface area contributed by atoms with Gasteiger partial charge in [-0.25, -0.2) is 4.79 Å². The maximum atomic E-state index is 10.2. The second-order valence-electron chi connectivity index (χ2n) is 5.46. The van der Waals surface area contributed by atoms with E-state index in [1.165, 1.54) is 15.9 Å². The zero-order valence-corrected chi connectivity index (χ0v) is 16.6. The Kier molecular flexibility index (Phi) is 9.09. The Morgan fingerprint density at radius 1 is 0.630 bits per heavy atom. The van der Waals surface area contributed by atoms with Crippen molar-refractivity contribution in [3.05, 3.63) is 91.0 Å². The molecule has 140 valence electrons. The summed E-state index contributed by atoms with van der Waals surface area (Å²) in [5.41, 5.74) is 0. The second kappa shape index (κ2) is 11.9. The summed E-state index contributed by atoms with van der Waals surface area (Å²) < 4.78 is 8.84. The molecule has 0 aromatic heterocycles. The van der Waals surface area contributed by atoms with Gasteiger partial charge in [-0.05, 0) is 37.7 Å². The lowest BCUT2D eigenvalue weighted by molar-refractivity contribution is 0.0630. The summed E-state index contributed by atoms with van der Waals surface area (Å²) >= 11 is 0. The number of benzene rings is 3. The molecule has 27 heavy (non-hydrogen) atoms. The van der Waals surface area contributed by atoms with E-state index in [1.54, 1.807) is 13.8 Å². The van der Waals surface area contributed by atoms with Crippen molar-refractivity contribution in [3.8, 4) is 0 Å². The van der Waals surface area contributed by atoms with Crippen molar-refractivity contribution in [2.24, 2.45) is 0 Å². The van der Waals surface area contributed by atoms with Crippen LogP contribution in [0.1, 0.15) is 13.8 Å². The Labute approximate surface area is 162 Å². The van der Waals surface area contributed by atoms with Gasteiger partial charge in [0.15, 0.2) is 0 Å². The van der Waals surface area contributed by atoms with E-state index in [9.17, 15) is 4.79 Å². The molecule has 0 aliphatic carbocycles. The van der Waals surface area contributed by atoms with Crippen LogP contribution in [0, 0.1) is 0 Å². The molecule has 0 N–H and O–H groups in total. The van der Waals surface area contributed by atoms with Gasteiger partial charge in [0.05, 0.1) is 13.2 Å². The summed E-state index contributed by atoms with van der Waals surface area (Å²) in [4.78, 5) is 10.2. The normalized spacial score (nSPS) is 9.89. The first-order chi connectivity index (χ1) is 13.3. The maximum Gasteiger partial charge on any atom is 0.508 e. The van der Waals surface area contributed by atoms with Gasteiger partial charge >= 0.3 is 6.16 Å². The van der Waals surface area contributed by atoms with E-state index >= 15 is 0 Å². The van der Waals surface area contributed by atoms with Crippen molar-refractivity contribution >= 4 is 30.0 Å². The zero-order valence-electron chi connectivity index (χ0n) is 15.7. The number of hydrogen-bond donors (Lipinski definition) is 0. The molecular formula is C23H25O3P. The first-order valence-electron chi connectivity index (χ1n) is 9.01. The molecule has 3 nitrogen and oxygen atoms in total. The third kappa shape index (κ3) is 6.88. The van der Waals surface area contributed by atoms with Crippen LogP contribution in [-0.4, -0.2) is 19.4 Å². The summed E-state index contributed by atoms with van der Waals surface area (Å²) in [6, 6.07) is 32.3. The fourth-order valence-corrected chi connectivity index (χ4v) is 4.76. The highest BCUT2D eigenvalue weighted by atomic mass is 31.1. The lowest BCUT2D eigenvalue weighted by Crippen LogP contribution is -2.20. The molecule has 3 aromatic carbocycles. The van der Waals surface area contributed by atoms with Crippen LogP contribution in [0.3, 0.4) is 0 Å². The predicted octanol–water partition coefficient (Wildman–Crippen LogP) is 4.62. The molecule has 3 aromatic rings. The summed E-state index contributed by atoms with van der Waals surface area (Å²) in [5.74, 6) is 0. The molecule has 0 saturated heterocycles. The van der Waals surface area contributed by atoms with E-state index in [4.69, 9.17) is 0 Å². The molecule has 0 bridgehead atoms. The van der Waals surface area contributed by atoms with Gasteiger partial charge in [0, 0.05) is 0 Å². The van der Waals surface area contributed by atoms with Crippen molar-refractivity contribution in [3.63, 3.8) is 0 Å². The van der Waals surface area contributed by atoms with Crippen molar-refractivity contribution in [1.29, 1.82) is 0 Å². The molecule has 3 rings (SSSR count). The fourth-order valence-electron chi connectivity index (χ4n) is 2.46. The van der Waals surface area contributed by atoms with E-state index in [0.29, 0.717) is 13.2 Å². The van der Waals surface area contributed by atoms with Crippen LogP contribution in [-0.2, 0) is 9.47 Å². The number of ether oxygens (including phenoxy) is 2. The predicted molar refractivity (Wildman–Crippen MR) is 114 cm³/mol. The first-order valence-corrected chi connectivity index (χ1v) is 10.3. The van der Waals surface area contributed by atoms with Crippen LogP contribution >= 0.6 is 7.92 Å². The van der Waals surface area contributed by atoms with Gasteiger partial charge in [-0.3, -0.25) is 0 Å². The Morgan fingerprint density at radius 2 is 0.926 bits per heavy atom. The molecule has 0 unspecified atom stereocenters. The van der Waals surface area contributed by atoms with Gasteiger partial charge in [0.25, 0.3) is 0 Å². The van der Waals surface area contributed by atoms with Gasteiger partial charge in [-0.2, -0.15) is 0 Å². The van der Waals surface area contributed by atoms with Crippen LogP contribution in [0.15, 0.2) is 91.0 Å². The fraction of sp³-hybridized carbons (Fsp3) is 0.174. The van der Waals surface area contributed by atoms with E-state index < -0.39 is 14.1 Å². The number of carbonyl (C=O) groups excluding carboxylic acids is 1. The van der Waals surface area contributed by atoms with Crippen LogP contribution in [0.2, 0.25) is 0 Å². The largest absolute Gasteiger partial charge is 0.508 e. The topological polar surface area (TPSA) is 35.5 Å². The smallest absolute Gasteiger partial charge is 0.435 e. The molecule has 0 radical (unpaired) electrons. The molecule has 0 aliphatic heterocycles. The van der Waals surface area contributed by atoms with E-state index in [1.807, 2.05) is 0 Å². The van der Waals surface area contributed by atoms with Crippen LogP contribution in [0.4, 0.5) is 4.79 Å². The molecular weight excluding hydrogens is 355 g/mol. The summed E-state index contributed by atoms with van der Waals surface area (Å²) in [6.07, 6.45) is -0.588. The third-order valence-electron chi connectivity index (χ3n) is 3.57. The molecule has 0 fully saturated rings. The quantitative estimate of drug-likeness (QED) is 0.478. The van der Waals surface area contributed by atoms with E-state index in [0.717, 1.165) is 0 Å². The van der Waals surface area contributed by atoms with Gasteiger partial charge in [-0.1, -0.05) is 91.0 Å². The van der Waals surface area contributed by atoms with E-state index in [-0.39, 0.29) is 0 Å². The highest BCUT2D eigenvalue weighted by Crippen LogP contribution is 2.32. The maximum absolute atomic E-state index is 10.2. The summed E-state index contributed by atoms with van der Waals surface area (Å²) in [5, 5.41) is 4.19. The summed E-state index contributed by atoms with van der Waals surface area (Å²) in [6.45, 7) is 4.21. The Morgan fingerprint density at radius 3 is 1.19 bits per heavy atom. The van der Waals surface area contributed by atoms with Crippen LogP contribution < -0.4 is 15.9 Å². The highest BCUT2D eigenvalue weighted by Gasteiger charge is 2.14. The third-order valence-corrected chi connectivity index (χ3v) is 6.01. The second-order valence-corrected chi connectivity index (χ2v) is 7.68. The molecule has 0 heterocycles. The van der Waals surface area contributed by atoms with Crippen LogP contribution in [0.25, 0.3) is 0 Å². The van der Waals surface area contributed by atoms with Gasteiger partial charge in [0.1, 0.15) is 0 Å². The summed E-state index contributed by atoms with van der Waals surface area (Å²) in [7, 11) is -0.446. The molecule has 0 amide bonds. The Bertz CT molecular complexity index is 675. The first kappa shape index (κ1) is 20.7. The zero-order chi connectivity index (χ0) is 19.3. The van der Waals surface area contributed by atoms with Crippen molar-refractivity contribution < 1.29 is 14.3 Å². The molecule has 4 heteroatoms. The van der Waals surface area contributed by atoms with Crippen LogP contribution in [0.5, 0.6) is 0 Å². The lowest BCUT2D eigenvalue weighted by atomic mass is 10.4. The minimum atomic E-state index is -0.588. The minimum Gasteiger partial charge on any atom is -0.435 e. The Hall–Kier alpha value is -2.64. The van der Waals surface area contributed by atoms with Crippen molar-refractivity contribution in [2.75, 3.05) is 13.2 Å². The number of carbonyl (C=O) groups is 1. The molecule has 0 saturated carbocycles. The number of hydrogen-bond acceptors (Lipinski definition) is 3. The molecule has 0 spiro atoms. The Balaban J connectivity index is 0.000000279. The van der Waals surface area contributed by atoms with Gasteiger partial charge in [0.2, 0.25) is 0 Å². The van der Waals surface area contributed by atoms with Crippen molar-refractivity contribution in [1.82, 2.24) is 0 Å². The number of rotatable bonds is 5. The van der Waals surface area contributed by atoms with Crippen molar-refractivity contribution in [2.45, 2.75) is 13.8 Å². The SMILES string of the molecule is CCOC(=O)OCC.c1ccc(P(c2ccccc2)c2ccccc2)cc1. The van der Waals surface area contributed by atoms with Gasteiger partial charge < -0.3 is 9.47 Å².